The summed E-state index contributed by atoms with van der Waals surface area (Å²) in [5.74, 6) is -0.507. The maximum Gasteiger partial charge on any atom is 0.309 e. The summed E-state index contributed by atoms with van der Waals surface area (Å²) in [7, 11) is 0. The molecule has 2 heteroatoms. The first-order valence-corrected chi connectivity index (χ1v) is 14.9. The van der Waals surface area contributed by atoms with E-state index in [-0.39, 0.29) is 0 Å². The maximum atomic E-state index is 12.4. The van der Waals surface area contributed by atoms with Crippen molar-refractivity contribution >= 4 is 5.97 Å². The topological polar surface area (TPSA) is 37.3 Å². The summed E-state index contributed by atoms with van der Waals surface area (Å²) in [6.45, 7) is 6.77. The summed E-state index contributed by atoms with van der Waals surface area (Å²) < 4.78 is 0. The van der Waals surface area contributed by atoms with Gasteiger partial charge in [-0.15, -0.1) is 0 Å². The van der Waals surface area contributed by atoms with Gasteiger partial charge in [0.1, 0.15) is 0 Å². The molecule has 0 saturated heterocycles. The van der Waals surface area contributed by atoms with E-state index in [0.717, 1.165) is 38.5 Å². The van der Waals surface area contributed by atoms with Crippen LogP contribution in [0.25, 0.3) is 0 Å². The number of carboxylic acid groups (broad SMARTS) is 1. The predicted octanol–water partition coefficient (Wildman–Crippen LogP) is 10.9. The van der Waals surface area contributed by atoms with Crippen LogP contribution in [-0.2, 0) is 4.79 Å². The van der Waals surface area contributed by atoms with E-state index in [0.29, 0.717) is 0 Å². The maximum absolute atomic E-state index is 12.4. The Hall–Kier alpha value is -0.530. The summed E-state index contributed by atoms with van der Waals surface area (Å²) in [5.41, 5.74) is -0.448. The van der Waals surface area contributed by atoms with E-state index >= 15 is 0 Å². The molecule has 1 N–H and O–H groups in total. The lowest BCUT2D eigenvalue weighted by Gasteiger charge is -2.30. The van der Waals surface area contributed by atoms with Gasteiger partial charge in [0.25, 0.3) is 0 Å². The minimum atomic E-state index is -0.507. The van der Waals surface area contributed by atoms with Crippen LogP contribution in [0, 0.1) is 5.41 Å². The van der Waals surface area contributed by atoms with Crippen LogP contribution in [0.15, 0.2) is 0 Å². The molecular formula is C30H60O2. The van der Waals surface area contributed by atoms with Crippen LogP contribution in [0.4, 0.5) is 0 Å². The normalized spacial score (nSPS) is 13.3. The fraction of sp³-hybridized carbons (Fsp3) is 0.967. The number of unbranched alkanes of at least 4 members (excludes halogenated alkanes) is 19. The van der Waals surface area contributed by atoms with Crippen LogP contribution in [0.5, 0.6) is 0 Å². The zero-order valence-electron chi connectivity index (χ0n) is 22.5. The molecule has 32 heavy (non-hydrogen) atoms. The van der Waals surface area contributed by atoms with Gasteiger partial charge >= 0.3 is 5.97 Å². The molecule has 0 heterocycles. The molecule has 0 aromatic rings. The van der Waals surface area contributed by atoms with Crippen molar-refractivity contribution in [3.63, 3.8) is 0 Å². The summed E-state index contributed by atoms with van der Waals surface area (Å²) in [6, 6.07) is 0. The van der Waals surface area contributed by atoms with Gasteiger partial charge in [-0.2, -0.15) is 0 Å². The second-order valence-electron chi connectivity index (χ2n) is 10.6. The Bertz CT molecular complexity index is 392. The van der Waals surface area contributed by atoms with E-state index in [4.69, 9.17) is 0 Å². The monoisotopic (exact) mass is 452 g/mol. The minimum Gasteiger partial charge on any atom is -0.481 e. The predicted molar refractivity (Wildman–Crippen MR) is 143 cm³/mol. The van der Waals surface area contributed by atoms with E-state index in [9.17, 15) is 9.90 Å². The van der Waals surface area contributed by atoms with E-state index in [1.165, 1.54) is 122 Å². The lowest BCUT2D eigenvalue weighted by atomic mass is 9.74. The average Bonchev–Trinajstić information content (AvgIpc) is 2.79. The van der Waals surface area contributed by atoms with Crippen molar-refractivity contribution in [1.29, 1.82) is 0 Å². The van der Waals surface area contributed by atoms with E-state index in [1.54, 1.807) is 0 Å². The molecule has 1 unspecified atom stereocenters. The summed E-state index contributed by atoms with van der Waals surface area (Å²) in [5, 5.41) is 10.2. The fourth-order valence-electron chi connectivity index (χ4n) is 5.13. The Kier molecular flexibility index (Phi) is 23.2. The van der Waals surface area contributed by atoms with Crippen LogP contribution in [0.3, 0.4) is 0 Å². The lowest BCUT2D eigenvalue weighted by molar-refractivity contribution is -0.150. The SMILES string of the molecule is CCCCCCCCCCCCC(CCCCCC)(CCCCCCCCCC)C(=O)O. The Morgan fingerprint density at radius 2 is 0.656 bits per heavy atom. The zero-order valence-corrected chi connectivity index (χ0v) is 22.5. The zero-order chi connectivity index (χ0) is 23.8. The fourth-order valence-corrected chi connectivity index (χ4v) is 5.13. The Balaban J connectivity index is 4.29. The molecule has 0 aromatic heterocycles. The molecule has 0 aliphatic heterocycles. The van der Waals surface area contributed by atoms with Crippen LogP contribution in [0.1, 0.15) is 181 Å². The van der Waals surface area contributed by atoms with Gasteiger partial charge in [0.15, 0.2) is 0 Å². The highest BCUT2D eigenvalue weighted by atomic mass is 16.4. The molecule has 0 amide bonds. The molecule has 0 radical (unpaired) electrons. The molecule has 1 atom stereocenters. The molecule has 0 aliphatic rings. The van der Waals surface area contributed by atoms with Gasteiger partial charge in [-0.05, 0) is 19.3 Å². The number of rotatable bonds is 26. The minimum absolute atomic E-state index is 0.448. The Morgan fingerprint density at radius 3 is 0.906 bits per heavy atom. The highest BCUT2D eigenvalue weighted by molar-refractivity contribution is 5.74. The molecule has 0 spiro atoms. The standard InChI is InChI=1S/C30H60O2/c1-4-7-10-13-15-17-18-20-22-25-28-30(29(31)32,26-23-12-9-6-3)27-24-21-19-16-14-11-8-5-2/h4-28H2,1-3H3,(H,31,32). The number of carboxylic acids is 1. The molecule has 2 nitrogen and oxygen atoms in total. The van der Waals surface area contributed by atoms with Gasteiger partial charge in [0.05, 0.1) is 5.41 Å². The number of aliphatic carboxylic acids is 1. The van der Waals surface area contributed by atoms with Crippen LogP contribution >= 0.6 is 0 Å². The van der Waals surface area contributed by atoms with Crippen LogP contribution in [0.2, 0.25) is 0 Å². The molecule has 0 aromatic carbocycles. The molecule has 0 aliphatic carbocycles. The van der Waals surface area contributed by atoms with Crippen molar-refractivity contribution in [2.24, 2.45) is 5.41 Å². The van der Waals surface area contributed by atoms with Gasteiger partial charge in [-0.1, -0.05) is 162 Å². The first-order chi connectivity index (χ1) is 15.6. The average molecular weight is 453 g/mol. The van der Waals surface area contributed by atoms with Crippen LogP contribution < -0.4 is 0 Å². The van der Waals surface area contributed by atoms with Crippen molar-refractivity contribution < 1.29 is 9.90 Å². The molecule has 0 fully saturated rings. The molecule has 0 bridgehead atoms. The highest BCUT2D eigenvalue weighted by Crippen LogP contribution is 2.38. The summed E-state index contributed by atoms with van der Waals surface area (Å²) in [6.07, 6.45) is 31.0. The Labute approximate surface area is 202 Å². The first kappa shape index (κ1) is 31.5. The number of carbonyl (C=O) groups is 1. The summed E-state index contributed by atoms with van der Waals surface area (Å²) >= 11 is 0. The highest BCUT2D eigenvalue weighted by Gasteiger charge is 2.36. The van der Waals surface area contributed by atoms with Gasteiger partial charge in [0, 0.05) is 0 Å². The van der Waals surface area contributed by atoms with Crippen molar-refractivity contribution in [1.82, 2.24) is 0 Å². The van der Waals surface area contributed by atoms with Crippen molar-refractivity contribution in [3.8, 4) is 0 Å². The second-order valence-corrected chi connectivity index (χ2v) is 10.6. The van der Waals surface area contributed by atoms with Gasteiger partial charge in [-0.3, -0.25) is 4.79 Å². The lowest BCUT2D eigenvalue weighted by Crippen LogP contribution is -2.31. The van der Waals surface area contributed by atoms with Gasteiger partial charge in [-0.25, -0.2) is 0 Å². The third-order valence-corrected chi connectivity index (χ3v) is 7.48. The van der Waals surface area contributed by atoms with Crippen molar-refractivity contribution in [2.45, 2.75) is 181 Å². The van der Waals surface area contributed by atoms with E-state index in [1.807, 2.05) is 0 Å². The van der Waals surface area contributed by atoms with E-state index in [2.05, 4.69) is 20.8 Å². The summed E-state index contributed by atoms with van der Waals surface area (Å²) in [4.78, 5) is 12.4. The smallest absolute Gasteiger partial charge is 0.309 e. The largest absolute Gasteiger partial charge is 0.481 e. The third-order valence-electron chi connectivity index (χ3n) is 7.48. The molecule has 192 valence electrons. The quantitative estimate of drug-likeness (QED) is 0.132. The molecule has 0 rings (SSSR count). The number of hydrogen-bond donors (Lipinski definition) is 1. The third kappa shape index (κ3) is 18.0. The van der Waals surface area contributed by atoms with E-state index < -0.39 is 11.4 Å². The number of hydrogen-bond acceptors (Lipinski definition) is 1. The second kappa shape index (κ2) is 23.6. The first-order valence-electron chi connectivity index (χ1n) is 14.9. The van der Waals surface area contributed by atoms with Crippen molar-refractivity contribution in [2.75, 3.05) is 0 Å². The van der Waals surface area contributed by atoms with Gasteiger partial charge in [0.2, 0.25) is 0 Å². The van der Waals surface area contributed by atoms with Crippen LogP contribution in [-0.4, -0.2) is 11.1 Å². The van der Waals surface area contributed by atoms with Gasteiger partial charge < -0.3 is 5.11 Å². The Morgan fingerprint density at radius 1 is 0.438 bits per heavy atom. The van der Waals surface area contributed by atoms with Crippen molar-refractivity contribution in [3.05, 3.63) is 0 Å². The molecule has 0 saturated carbocycles. The molecular weight excluding hydrogens is 392 g/mol.